The number of hydrogen-bond donors (Lipinski definition) is 2. The van der Waals surface area contributed by atoms with E-state index in [4.69, 9.17) is 0 Å². The van der Waals surface area contributed by atoms with Crippen molar-refractivity contribution in [1.29, 1.82) is 0 Å². The van der Waals surface area contributed by atoms with Gasteiger partial charge in [-0.25, -0.2) is 0 Å². The van der Waals surface area contributed by atoms with Gasteiger partial charge in [0.1, 0.15) is 0 Å². The average Bonchev–Trinajstić information content (AvgIpc) is 2.96. The molecule has 0 aliphatic heterocycles. The SMILES string of the molecule is CCCC(NS(=O)(=O)N(C)CCCNCC)c1cccs1. The maximum atomic E-state index is 12.4. The Morgan fingerprint density at radius 3 is 2.71 bits per heavy atom. The summed E-state index contributed by atoms with van der Waals surface area (Å²) in [5.41, 5.74) is 0. The topological polar surface area (TPSA) is 61.4 Å². The van der Waals surface area contributed by atoms with Crippen LogP contribution in [0.4, 0.5) is 0 Å². The Kier molecular flexibility index (Phi) is 8.43. The highest BCUT2D eigenvalue weighted by Crippen LogP contribution is 2.24. The first-order chi connectivity index (χ1) is 10.0. The van der Waals surface area contributed by atoms with Gasteiger partial charge in [-0.1, -0.05) is 26.3 Å². The van der Waals surface area contributed by atoms with Crippen LogP contribution in [-0.2, 0) is 10.2 Å². The second kappa shape index (κ2) is 9.53. The zero-order valence-electron chi connectivity index (χ0n) is 13.1. The van der Waals surface area contributed by atoms with E-state index in [2.05, 4.69) is 17.0 Å². The van der Waals surface area contributed by atoms with Crippen LogP contribution in [0.1, 0.15) is 44.0 Å². The van der Waals surface area contributed by atoms with Crippen LogP contribution in [0.5, 0.6) is 0 Å². The molecule has 0 amide bonds. The molecular formula is C14H27N3O2S2. The Labute approximate surface area is 132 Å². The van der Waals surface area contributed by atoms with E-state index in [1.165, 1.54) is 4.31 Å². The predicted octanol–water partition coefficient (Wildman–Crippen LogP) is 2.36. The summed E-state index contributed by atoms with van der Waals surface area (Å²) in [6.45, 7) is 6.37. The Hall–Kier alpha value is -0.470. The summed E-state index contributed by atoms with van der Waals surface area (Å²) in [4.78, 5) is 1.07. The molecule has 1 rings (SSSR count). The van der Waals surface area contributed by atoms with Crippen molar-refractivity contribution < 1.29 is 8.42 Å². The normalized spacial score (nSPS) is 13.7. The van der Waals surface area contributed by atoms with Crippen LogP contribution in [0.25, 0.3) is 0 Å². The molecule has 5 nitrogen and oxygen atoms in total. The van der Waals surface area contributed by atoms with E-state index >= 15 is 0 Å². The first-order valence-corrected chi connectivity index (χ1v) is 9.81. The Balaban J connectivity index is 2.59. The average molecular weight is 334 g/mol. The van der Waals surface area contributed by atoms with E-state index in [0.29, 0.717) is 6.54 Å². The van der Waals surface area contributed by atoms with Crippen LogP contribution in [0.2, 0.25) is 0 Å². The first-order valence-electron chi connectivity index (χ1n) is 7.49. The molecule has 122 valence electrons. The summed E-state index contributed by atoms with van der Waals surface area (Å²) in [7, 11) is -1.80. The number of nitrogens with one attached hydrogen (secondary N) is 2. The van der Waals surface area contributed by atoms with E-state index < -0.39 is 10.2 Å². The first kappa shape index (κ1) is 18.6. The van der Waals surface area contributed by atoms with Crippen LogP contribution in [-0.4, -0.2) is 39.4 Å². The van der Waals surface area contributed by atoms with Crippen LogP contribution in [0.3, 0.4) is 0 Å². The fraction of sp³-hybridized carbons (Fsp3) is 0.714. The Morgan fingerprint density at radius 1 is 1.38 bits per heavy atom. The number of rotatable bonds is 11. The van der Waals surface area contributed by atoms with E-state index in [0.717, 1.165) is 37.2 Å². The van der Waals surface area contributed by atoms with Gasteiger partial charge in [0.05, 0.1) is 6.04 Å². The maximum Gasteiger partial charge on any atom is 0.279 e. The van der Waals surface area contributed by atoms with Crippen LogP contribution in [0, 0.1) is 0 Å². The van der Waals surface area contributed by atoms with Gasteiger partial charge in [0.2, 0.25) is 0 Å². The molecule has 0 aromatic carbocycles. The predicted molar refractivity (Wildman–Crippen MR) is 89.8 cm³/mol. The summed E-state index contributed by atoms with van der Waals surface area (Å²) >= 11 is 1.59. The highest BCUT2D eigenvalue weighted by molar-refractivity contribution is 7.87. The molecule has 1 atom stereocenters. The summed E-state index contributed by atoms with van der Waals surface area (Å²) in [6, 6.07) is 3.81. The third kappa shape index (κ3) is 6.44. The smallest absolute Gasteiger partial charge is 0.279 e. The lowest BCUT2D eigenvalue weighted by Crippen LogP contribution is -2.41. The molecule has 1 unspecified atom stereocenters. The maximum absolute atomic E-state index is 12.4. The third-order valence-corrected chi connectivity index (χ3v) is 5.81. The van der Waals surface area contributed by atoms with Crippen LogP contribution < -0.4 is 10.0 Å². The van der Waals surface area contributed by atoms with E-state index in [-0.39, 0.29) is 6.04 Å². The molecule has 1 heterocycles. The molecule has 0 radical (unpaired) electrons. The van der Waals surface area contributed by atoms with Crippen molar-refractivity contribution in [3.8, 4) is 0 Å². The number of hydrogen-bond acceptors (Lipinski definition) is 4. The highest BCUT2D eigenvalue weighted by Gasteiger charge is 2.23. The molecule has 0 aliphatic rings. The lowest BCUT2D eigenvalue weighted by atomic mass is 10.1. The molecule has 2 N–H and O–H groups in total. The van der Waals surface area contributed by atoms with Gasteiger partial charge in [-0.15, -0.1) is 11.3 Å². The fourth-order valence-electron chi connectivity index (χ4n) is 2.03. The summed E-state index contributed by atoms with van der Waals surface area (Å²) in [5, 5.41) is 5.18. The van der Waals surface area contributed by atoms with Gasteiger partial charge in [-0.2, -0.15) is 17.4 Å². The van der Waals surface area contributed by atoms with Crippen molar-refractivity contribution >= 4 is 21.5 Å². The molecule has 1 aromatic heterocycles. The third-order valence-electron chi connectivity index (χ3n) is 3.24. The van der Waals surface area contributed by atoms with Gasteiger partial charge in [0, 0.05) is 18.5 Å². The lowest BCUT2D eigenvalue weighted by Gasteiger charge is -2.22. The molecule has 0 bridgehead atoms. The van der Waals surface area contributed by atoms with Crippen LogP contribution >= 0.6 is 11.3 Å². The molecule has 21 heavy (non-hydrogen) atoms. The molecule has 1 aromatic rings. The minimum absolute atomic E-state index is 0.129. The minimum Gasteiger partial charge on any atom is -0.317 e. The monoisotopic (exact) mass is 333 g/mol. The quantitative estimate of drug-likeness (QED) is 0.611. The van der Waals surface area contributed by atoms with E-state index in [1.54, 1.807) is 18.4 Å². The standard InChI is InChI=1S/C14H27N3O2S2/c1-4-8-13(14-9-6-12-20-14)16-21(18,19)17(3)11-7-10-15-5-2/h6,9,12-13,15-16H,4-5,7-8,10-11H2,1-3H3. The zero-order chi connectivity index (χ0) is 15.7. The van der Waals surface area contributed by atoms with Crippen molar-refractivity contribution in [2.45, 2.75) is 39.2 Å². The van der Waals surface area contributed by atoms with Crippen LogP contribution in [0.15, 0.2) is 17.5 Å². The van der Waals surface area contributed by atoms with Gasteiger partial charge in [-0.3, -0.25) is 0 Å². The molecular weight excluding hydrogens is 306 g/mol. The van der Waals surface area contributed by atoms with E-state index in [1.807, 2.05) is 24.4 Å². The largest absolute Gasteiger partial charge is 0.317 e. The van der Waals surface area contributed by atoms with Gasteiger partial charge in [0.25, 0.3) is 10.2 Å². The summed E-state index contributed by atoms with van der Waals surface area (Å²) in [5.74, 6) is 0. The van der Waals surface area contributed by atoms with Gasteiger partial charge in [-0.05, 0) is 37.4 Å². The fourth-order valence-corrected chi connectivity index (χ4v) is 4.07. The van der Waals surface area contributed by atoms with E-state index in [9.17, 15) is 8.42 Å². The molecule has 7 heteroatoms. The van der Waals surface area contributed by atoms with Gasteiger partial charge >= 0.3 is 0 Å². The van der Waals surface area contributed by atoms with Crippen molar-refractivity contribution in [3.63, 3.8) is 0 Å². The Bertz CT molecular complexity index is 474. The number of thiophene rings is 1. The summed E-state index contributed by atoms with van der Waals surface area (Å²) < 4.78 is 29.0. The van der Waals surface area contributed by atoms with Crippen molar-refractivity contribution in [1.82, 2.24) is 14.3 Å². The van der Waals surface area contributed by atoms with Gasteiger partial charge < -0.3 is 5.32 Å². The summed E-state index contributed by atoms with van der Waals surface area (Å²) in [6.07, 6.45) is 2.56. The number of nitrogens with zero attached hydrogens (tertiary/aromatic N) is 1. The second-order valence-corrected chi connectivity index (χ2v) is 7.80. The molecule has 0 fully saturated rings. The molecule has 0 saturated heterocycles. The van der Waals surface area contributed by atoms with Crippen molar-refractivity contribution in [3.05, 3.63) is 22.4 Å². The Morgan fingerprint density at radius 2 is 2.14 bits per heavy atom. The zero-order valence-corrected chi connectivity index (χ0v) is 14.8. The van der Waals surface area contributed by atoms with Crippen molar-refractivity contribution in [2.24, 2.45) is 0 Å². The molecule has 0 spiro atoms. The molecule has 0 saturated carbocycles. The minimum atomic E-state index is -3.43. The lowest BCUT2D eigenvalue weighted by molar-refractivity contribution is 0.433. The van der Waals surface area contributed by atoms with Gasteiger partial charge in [0.15, 0.2) is 0 Å². The second-order valence-electron chi connectivity index (χ2n) is 5.01. The molecule has 0 aliphatic carbocycles. The highest BCUT2D eigenvalue weighted by atomic mass is 32.2. The van der Waals surface area contributed by atoms with Crippen molar-refractivity contribution in [2.75, 3.05) is 26.7 Å².